The summed E-state index contributed by atoms with van der Waals surface area (Å²) in [6.07, 6.45) is 3.69. The predicted molar refractivity (Wildman–Crippen MR) is 56.0 cm³/mol. The van der Waals surface area contributed by atoms with E-state index in [0.29, 0.717) is 0 Å². The molecule has 1 heteroatoms. The van der Waals surface area contributed by atoms with Crippen molar-refractivity contribution in [1.29, 1.82) is 0 Å². The van der Waals surface area contributed by atoms with Gasteiger partial charge in [-0.1, -0.05) is 18.2 Å². The first-order valence-electron chi connectivity index (χ1n) is 4.45. The SMILES string of the molecule is C=CCCc1cc(=O)cccc1C. The van der Waals surface area contributed by atoms with E-state index in [0.717, 1.165) is 18.4 Å². The van der Waals surface area contributed by atoms with Crippen molar-refractivity contribution in [2.24, 2.45) is 0 Å². The fourth-order valence-electron chi connectivity index (χ4n) is 1.25. The third-order valence-corrected chi connectivity index (χ3v) is 2.05. The summed E-state index contributed by atoms with van der Waals surface area (Å²) in [5, 5.41) is 0. The van der Waals surface area contributed by atoms with Crippen LogP contribution in [0.2, 0.25) is 0 Å². The Labute approximate surface area is 78.7 Å². The Bertz CT molecular complexity index is 353. The summed E-state index contributed by atoms with van der Waals surface area (Å²) < 4.78 is 0. The zero-order valence-corrected chi connectivity index (χ0v) is 7.92. The Hall–Kier alpha value is -1.37. The maximum Gasteiger partial charge on any atom is 0.178 e. The van der Waals surface area contributed by atoms with Crippen LogP contribution in [0.5, 0.6) is 0 Å². The van der Waals surface area contributed by atoms with Crippen LogP contribution in [0.1, 0.15) is 17.5 Å². The monoisotopic (exact) mass is 174 g/mol. The lowest BCUT2D eigenvalue weighted by atomic mass is 10.1. The lowest BCUT2D eigenvalue weighted by Crippen LogP contribution is -1.94. The Kier molecular flexibility index (Phi) is 3.44. The average molecular weight is 174 g/mol. The quantitative estimate of drug-likeness (QED) is 0.643. The molecule has 0 radical (unpaired) electrons. The molecule has 0 atom stereocenters. The Morgan fingerprint density at radius 1 is 1.46 bits per heavy atom. The molecule has 1 aromatic rings. The first kappa shape index (κ1) is 9.72. The largest absolute Gasteiger partial charge is 0.290 e. The average Bonchev–Trinajstić information content (AvgIpc) is 2.25. The van der Waals surface area contributed by atoms with Crippen LogP contribution >= 0.6 is 0 Å². The molecule has 0 aliphatic rings. The van der Waals surface area contributed by atoms with Gasteiger partial charge in [0.2, 0.25) is 0 Å². The second-order valence-corrected chi connectivity index (χ2v) is 3.11. The van der Waals surface area contributed by atoms with Gasteiger partial charge in [-0.2, -0.15) is 0 Å². The molecule has 1 rings (SSSR count). The summed E-state index contributed by atoms with van der Waals surface area (Å²) in [5.41, 5.74) is 2.37. The highest BCUT2D eigenvalue weighted by molar-refractivity contribution is 5.24. The summed E-state index contributed by atoms with van der Waals surface area (Å²) in [6.45, 7) is 5.69. The van der Waals surface area contributed by atoms with Gasteiger partial charge in [-0.05, 0) is 43.0 Å². The van der Waals surface area contributed by atoms with Crippen molar-refractivity contribution in [3.8, 4) is 0 Å². The van der Waals surface area contributed by atoms with Gasteiger partial charge in [0.1, 0.15) is 0 Å². The van der Waals surface area contributed by atoms with E-state index >= 15 is 0 Å². The van der Waals surface area contributed by atoms with Crippen molar-refractivity contribution in [3.05, 3.63) is 58.3 Å². The summed E-state index contributed by atoms with van der Waals surface area (Å²) >= 11 is 0. The van der Waals surface area contributed by atoms with Crippen LogP contribution in [0.3, 0.4) is 0 Å². The van der Waals surface area contributed by atoms with Crippen LogP contribution in [-0.2, 0) is 6.42 Å². The van der Waals surface area contributed by atoms with E-state index < -0.39 is 0 Å². The second-order valence-electron chi connectivity index (χ2n) is 3.11. The van der Waals surface area contributed by atoms with E-state index in [-0.39, 0.29) is 5.43 Å². The molecule has 0 aliphatic carbocycles. The van der Waals surface area contributed by atoms with Gasteiger partial charge in [-0.25, -0.2) is 0 Å². The van der Waals surface area contributed by atoms with E-state index in [9.17, 15) is 4.79 Å². The minimum atomic E-state index is 0.0761. The molecule has 0 unspecified atom stereocenters. The topological polar surface area (TPSA) is 17.1 Å². The van der Waals surface area contributed by atoms with Gasteiger partial charge in [-0.3, -0.25) is 4.79 Å². The highest BCUT2D eigenvalue weighted by atomic mass is 16.1. The van der Waals surface area contributed by atoms with Crippen LogP contribution in [0, 0.1) is 6.92 Å². The van der Waals surface area contributed by atoms with Crippen molar-refractivity contribution in [3.63, 3.8) is 0 Å². The third-order valence-electron chi connectivity index (χ3n) is 2.05. The molecular weight excluding hydrogens is 160 g/mol. The number of hydrogen-bond donors (Lipinski definition) is 0. The van der Waals surface area contributed by atoms with Gasteiger partial charge >= 0.3 is 0 Å². The molecule has 0 spiro atoms. The molecule has 1 aromatic carbocycles. The van der Waals surface area contributed by atoms with Crippen molar-refractivity contribution >= 4 is 0 Å². The summed E-state index contributed by atoms with van der Waals surface area (Å²) in [5.74, 6) is 0. The standard InChI is InChI=1S/C12H14O/c1-3-4-7-11-9-12(13)8-5-6-10(11)2/h3,5-6,8-9H,1,4,7H2,2H3. The molecule has 0 saturated heterocycles. The predicted octanol–water partition coefficient (Wildman–Crippen LogP) is 2.47. The third kappa shape index (κ3) is 2.86. The van der Waals surface area contributed by atoms with Crippen molar-refractivity contribution in [2.75, 3.05) is 0 Å². The summed E-state index contributed by atoms with van der Waals surface area (Å²) in [6, 6.07) is 7.07. The van der Waals surface area contributed by atoms with Crippen LogP contribution in [-0.4, -0.2) is 0 Å². The highest BCUT2D eigenvalue weighted by Gasteiger charge is 1.95. The summed E-state index contributed by atoms with van der Waals surface area (Å²) in [4.78, 5) is 11.2. The van der Waals surface area contributed by atoms with E-state index in [4.69, 9.17) is 0 Å². The highest BCUT2D eigenvalue weighted by Crippen LogP contribution is 2.06. The normalized spacial score (nSPS) is 9.62. The first-order chi connectivity index (χ1) is 6.24. The fraction of sp³-hybridized carbons (Fsp3) is 0.250. The minimum Gasteiger partial charge on any atom is -0.290 e. The molecule has 0 aliphatic heterocycles. The molecule has 0 amide bonds. The fourth-order valence-corrected chi connectivity index (χ4v) is 1.25. The van der Waals surface area contributed by atoms with Gasteiger partial charge in [0.25, 0.3) is 0 Å². The molecule has 0 fully saturated rings. The van der Waals surface area contributed by atoms with E-state index in [1.54, 1.807) is 18.2 Å². The molecule has 13 heavy (non-hydrogen) atoms. The lowest BCUT2D eigenvalue weighted by molar-refractivity contribution is 0.991. The molecule has 0 N–H and O–H groups in total. The molecule has 0 bridgehead atoms. The van der Waals surface area contributed by atoms with E-state index in [2.05, 4.69) is 6.58 Å². The summed E-state index contributed by atoms with van der Waals surface area (Å²) in [7, 11) is 0. The van der Waals surface area contributed by atoms with Crippen molar-refractivity contribution < 1.29 is 0 Å². The molecule has 0 heterocycles. The Morgan fingerprint density at radius 3 is 2.92 bits per heavy atom. The molecule has 68 valence electrons. The number of hydrogen-bond acceptors (Lipinski definition) is 1. The van der Waals surface area contributed by atoms with E-state index in [1.807, 2.05) is 19.1 Å². The molecule has 0 aromatic heterocycles. The van der Waals surface area contributed by atoms with Crippen molar-refractivity contribution in [1.82, 2.24) is 0 Å². The molecular formula is C12H14O. The maximum absolute atomic E-state index is 11.2. The Balaban J connectivity index is 3.05. The minimum absolute atomic E-state index is 0.0761. The first-order valence-corrected chi connectivity index (χ1v) is 4.45. The lowest BCUT2D eigenvalue weighted by Gasteiger charge is -1.97. The zero-order chi connectivity index (χ0) is 9.68. The van der Waals surface area contributed by atoms with Gasteiger partial charge in [0.15, 0.2) is 5.43 Å². The van der Waals surface area contributed by atoms with Gasteiger partial charge in [-0.15, -0.1) is 6.58 Å². The Morgan fingerprint density at radius 2 is 2.23 bits per heavy atom. The van der Waals surface area contributed by atoms with Crippen LogP contribution in [0.25, 0.3) is 0 Å². The number of rotatable bonds is 3. The second kappa shape index (κ2) is 4.61. The van der Waals surface area contributed by atoms with Crippen LogP contribution in [0.15, 0.2) is 41.7 Å². The number of aryl methyl sites for hydroxylation is 2. The van der Waals surface area contributed by atoms with Crippen LogP contribution < -0.4 is 5.43 Å². The molecule has 1 nitrogen and oxygen atoms in total. The zero-order valence-electron chi connectivity index (χ0n) is 7.92. The number of allylic oxidation sites excluding steroid dienone is 1. The molecule has 0 saturated carbocycles. The maximum atomic E-state index is 11.2. The van der Waals surface area contributed by atoms with Gasteiger partial charge in [0.05, 0.1) is 0 Å². The smallest absolute Gasteiger partial charge is 0.178 e. The van der Waals surface area contributed by atoms with Crippen LogP contribution in [0.4, 0.5) is 0 Å². The van der Waals surface area contributed by atoms with Gasteiger partial charge < -0.3 is 0 Å². The van der Waals surface area contributed by atoms with Crippen molar-refractivity contribution in [2.45, 2.75) is 19.8 Å². The van der Waals surface area contributed by atoms with Gasteiger partial charge in [0, 0.05) is 0 Å². The van der Waals surface area contributed by atoms with E-state index in [1.165, 1.54) is 5.56 Å².